The second kappa shape index (κ2) is 6.05. The van der Waals surface area contributed by atoms with Crippen molar-refractivity contribution in [2.24, 2.45) is 0 Å². The lowest BCUT2D eigenvalue weighted by atomic mass is 10.2. The highest BCUT2D eigenvalue weighted by atomic mass is 16.5. The summed E-state index contributed by atoms with van der Waals surface area (Å²) < 4.78 is 5.29. The first-order chi connectivity index (χ1) is 10.3. The molecule has 3 heterocycles. The number of likely N-dealkylation sites (tertiary alicyclic amines) is 1. The summed E-state index contributed by atoms with van der Waals surface area (Å²) in [5, 5.41) is 7.06. The smallest absolute Gasteiger partial charge is 0.276 e. The van der Waals surface area contributed by atoms with Crippen molar-refractivity contribution in [2.75, 3.05) is 20.1 Å². The number of carbonyl (C=O) groups is 1. The van der Waals surface area contributed by atoms with Gasteiger partial charge in [-0.1, -0.05) is 5.16 Å². The lowest BCUT2D eigenvalue weighted by Gasteiger charge is -2.23. The van der Waals surface area contributed by atoms with Crippen molar-refractivity contribution in [2.45, 2.75) is 18.9 Å². The van der Waals surface area contributed by atoms with Gasteiger partial charge in [-0.05, 0) is 32.0 Å². The Bertz CT molecular complexity index is 611. The minimum Gasteiger partial charge on any atom is -0.355 e. The summed E-state index contributed by atoms with van der Waals surface area (Å²) in [7, 11) is 1.90. The topological polar surface area (TPSA) is 71.3 Å². The number of amides is 1. The minimum absolute atomic E-state index is 0.0585. The summed E-state index contributed by atoms with van der Waals surface area (Å²) >= 11 is 0. The van der Waals surface area contributed by atoms with E-state index < -0.39 is 0 Å². The van der Waals surface area contributed by atoms with Gasteiger partial charge in [-0.25, -0.2) is 0 Å². The molecule has 6 nitrogen and oxygen atoms in total. The molecule has 0 bridgehead atoms. The zero-order valence-corrected chi connectivity index (χ0v) is 12.0. The van der Waals surface area contributed by atoms with Gasteiger partial charge in [0.25, 0.3) is 5.91 Å². The van der Waals surface area contributed by atoms with E-state index in [2.05, 4.69) is 15.5 Å². The van der Waals surface area contributed by atoms with Gasteiger partial charge in [-0.2, -0.15) is 0 Å². The van der Waals surface area contributed by atoms with Crippen LogP contribution in [0.1, 0.15) is 23.3 Å². The van der Waals surface area contributed by atoms with E-state index in [1.807, 2.05) is 24.1 Å². The van der Waals surface area contributed by atoms with Crippen LogP contribution in [0, 0.1) is 0 Å². The molecule has 0 spiro atoms. The van der Waals surface area contributed by atoms with E-state index in [1.54, 1.807) is 18.5 Å². The standard InChI is InChI=1S/C15H18N4O2/c1-16-10-12-3-2-8-19(12)15(20)13-9-14(21-18-13)11-4-6-17-7-5-11/h4-7,9,12,16H,2-3,8,10H2,1H3/t12-/m0/s1. The van der Waals surface area contributed by atoms with Gasteiger partial charge in [0, 0.05) is 43.2 Å². The molecule has 1 amide bonds. The number of carbonyl (C=O) groups excluding carboxylic acids is 1. The predicted octanol–water partition coefficient (Wildman–Crippen LogP) is 1.56. The maximum atomic E-state index is 12.5. The summed E-state index contributed by atoms with van der Waals surface area (Å²) in [5.74, 6) is 0.530. The zero-order valence-electron chi connectivity index (χ0n) is 12.0. The molecule has 0 aliphatic carbocycles. The third-order valence-corrected chi connectivity index (χ3v) is 3.77. The van der Waals surface area contributed by atoms with Crippen LogP contribution >= 0.6 is 0 Å². The fourth-order valence-electron chi connectivity index (χ4n) is 2.73. The molecule has 1 atom stereocenters. The Morgan fingerprint density at radius 1 is 1.48 bits per heavy atom. The Hall–Kier alpha value is -2.21. The van der Waals surface area contributed by atoms with Gasteiger partial charge in [-0.15, -0.1) is 0 Å². The Labute approximate surface area is 123 Å². The first-order valence-corrected chi connectivity index (χ1v) is 7.12. The van der Waals surface area contributed by atoms with Crippen molar-refractivity contribution in [3.05, 3.63) is 36.3 Å². The number of rotatable bonds is 4. The Morgan fingerprint density at radius 2 is 2.29 bits per heavy atom. The molecule has 1 saturated heterocycles. The Kier molecular flexibility index (Phi) is 3.96. The Balaban J connectivity index is 1.78. The van der Waals surface area contributed by atoms with E-state index in [0.717, 1.165) is 31.5 Å². The Morgan fingerprint density at radius 3 is 3.05 bits per heavy atom. The highest BCUT2D eigenvalue weighted by Crippen LogP contribution is 2.23. The van der Waals surface area contributed by atoms with Crippen molar-refractivity contribution in [1.82, 2.24) is 20.4 Å². The van der Waals surface area contributed by atoms with Crippen LogP contribution in [0.4, 0.5) is 0 Å². The van der Waals surface area contributed by atoms with Crippen molar-refractivity contribution in [3.63, 3.8) is 0 Å². The maximum absolute atomic E-state index is 12.5. The predicted molar refractivity (Wildman–Crippen MR) is 77.7 cm³/mol. The molecule has 0 unspecified atom stereocenters. The number of aromatic nitrogens is 2. The van der Waals surface area contributed by atoms with E-state index in [0.29, 0.717) is 11.5 Å². The number of nitrogens with zero attached hydrogens (tertiary/aromatic N) is 3. The molecule has 1 fully saturated rings. The summed E-state index contributed by atoms with van der Waals surface area (Å²) in [6, 6.07) is 5.60. The van der Waals surface area contributed by atoms with Gasteiger partial charge in [0.1, 0.15) is 0 Å². The summed E-state index contributed by atoms with van der Waals surface area (Å²) in [4.78, 5) is 18.4. The van der Waals surface area contributed by atoms with Gasteiger partial charge in [0.2, 0.25) is 0 Å². The summed E-state index contributed by atoms with van der Waals surface area (Å²) in [5.41, 5.74) is 1.23. The highest BCUT2D eigenvalue weighted by Gasteiger charge is 2.30. The van der Waals surface area contributed by atoms with Gasteiger partial charge in [0.05, 0.1) is 0 Å². The lowest BCUT2D eigenvalue weighted by molar-refractivity contribution is 0.0726. The van der Waals surface area contributed by atoms with E-state index in [4.69, 9.17) is 4.52 Å². The summed E-state index contributed by atoms with van der Waals surface area (Å²) in [6.45, 7) is 1.59. The van der Waals surface area contributed by atoms with E-state index in [9.17, 15) is 4.79 Å². The minimum atomic E-state index is -0.0585. The van der Waals surface area contributed by atoms with E-state index >= 15 is 0 Å². The van der Waals surface area contributed by atoms with Gasteiger partial charge >= 0.3 is 0 Å². The first-order valence-electron chi connectivity index (χ1n) is 7.12. The molecule has 21 heavy (non-hydrogen) atoms. The van der Waals surface area contributed by atoms with E-state index in [1.165, 1.54) is 0 Å². The van der Waals surface area contributed by atoms with Crippen molar-refractivity contribution >= 4 is 5.91 Å². The van der Waals surface area contributed by atoms with Crippen LogP contribution in [0.15, 0.2) is 35.1 Å². The maximum Gasteiger partial charge on any atom is 0.276 e. The normalized spacial score (nSPS) is 18.1. The van der Waals surface area contributed by atoms with E-state index in [-0.39, 0.29) is 11.9 Å². The van der Waals surface area contributed by atoms with Crippen molar-refractivity contribution < 1.29 is 9.32 Å². The van der Waals surface area contributed by atoms with Gasteiger partial charge in [-0.3, -0.25) is 9.78 Å². The number of hydrogen-bond donors (Lipinski definition) is 1. The SMILES string of the molecule is CNC[C@@H]1CCCN1C(=O)c1cc(-c2ccncc2)on1. The molecule has 1 aliphatic rings. The molecular weight excluding hydrogens is 268 g/mol. The molecule has 0 radical (unpaired) electrons. The third kappa shape index (κ3) is 2.80. The second-order valence-electron chi connectivity index (χ2n) is 5.16. The number of nitrogens with one attached hydrogen (secondary N) is 1. The monoisotopic (exact) mass is 286 g/mol. The fraction of sp³-hybridized carbons (Fsp3) is 0.400. The largest absolute Gasteiger partial charge is 0.355 e. The highest BCUT2D eigenvalue weighted by molar-refractivity contribution is 5.93. The van der Waals surface area contributed by atoms with Gasteiger partial charge < -0.3 is 14.7 Å². The first kappa shape index (κ1) is 13.8. The number of hydrogen-bond acceptors (Lipinski definition) is 5. The van der Waals surface area contributed by atoms with Crippen LogP contribution in [0.2, 0.25) is 0 Å². The average molecular weight is 286 g/mol. The third-order valence-electron chi connectivity index (χ3n) is 3.77. The zero-order chi connectivity index (χ0) is 14.7. The number of pyridine rings is 1. The molecule has 3 rings (SSSR count). The number of likely N-dealkylation sites (N-methyl/N-ethyl adjacent to an activating group) is 1. The quantitative estimate of drug-likeness (QED) is 0.923. The van der Waals surface area contributed by atoms with Crippen LogP contribution < -0.4 is 5.32 Å². The van der Waals surface area contributed by atoms with Crippen LogP contribution in [0.3, 0.4) is 0 Å². The molecule has 1 aliphatic heterocycles. The van der Waals surface area contributed by atoms with Crippen molar-refractivity contribution in [1.29, 1.82) is 0 Å². The van der Waals surface area contributed by atoms with Crippen LogP contribution in [0.5, 0.6) is 0 Å². The second-order valence-corrected chi connectivity index (χ2v) is 5.16. The molecule has 110 valence electrons. The molecule has 0 aromatic carbocycles. The molecule has 2 aromatic rings. The molecular formula is C15H18N4O2. The average Bonchev–Trinajstić information content (AvgIpc) is 3.17. The fourth-order valence-corrected chi connectivity index (χ4v) is 2.73. The molecule has 6 heteroatoms. The van der Waals surface area contributed by atoms with Crippen LogP contribution in [0.25, 0.3) is 11.3 Å². The molecule has 0 saturated carbocycles. The molecule has 2 aromatic heterocycles. The van der Waals surface area contributed by atoms with Crippen LogP contribution in [-0.2, 0) is 0 Å². The van der Waals surface area contributed by atoms with Crippen LogP contribution in [-0.4, -0.2) is 47.1 Å². The molecule has 1 N–H and O–H groups in total. The summed E-state index contributed by atoms with van der Waals surface area (Å²) in [6.07, 6.45) is 5.43. The van der Waals surface area contributed by atoms with Gasteiger partial charge in [0.15, 0.2) is 11.5 Å². The van der Waals surface area contributed by atoms with Crippen molar-refractivity contribution in [3.8, 4) is 11.3 Å². The lowest BCUT2D eigenvalue weighted by Crippen LogP contribution is -2.40.